The van der Waals surface area contributed by atoms with Crippen LogP contribution in [0.3, 0.4) is 0 Å². The first kappa shape index (κ1) is 15.3. The largest absolute Gasteiger partial charge is 0.416 e. The Morgan fingerprint density at radius 3 is 1.83 bits per heavy atom. The Bertz CT molecular complexity index is 991. The van der Waals surface area contributed by atoms with Gasteiger partial charge in [0.15, 0.2) is 0 Å². The second kappa shape index (κ2) is 5.68. The van der Waals surface area contributed by atoms with Crippen molar-refractivity contribution in [2.75, 3.05) is 0 Å². The van der Waals surface area contributed by atoms with E-state index in [1.165, 1.54) is 28.7 Å². The normalized spacial score (nSPS) is 12.0. The fourth-order valence-electron chi connectivity index (χ4n) is 2.40. The van der Waals surface area contributed by atoms with Gasteiger partial charge in [-0.1, -0.05) is 12.1 Å². The maximum atomic E-state index is 12.9. The smallest absolute Gasteiger partial charge is 0.243 e. The number of thiophene rings is 2. The lowest BCUT2D eigenvalue weighted by Gasteiger charge is -2.10. The number of benzene rings is 1. The summed E-state index contributed by atoms with van der Waals surface area (Å²) in [6.07, 6.45) is -4.40. The third-order valence-electron chi connectivity index (χ3n) is 3.50. The second-order valence-corrected chi connectivity index (χ2v) is 6.97. The first-order chi connectivity index (χ1) is 11.5. The third-order valence-corrected chi connectivity index (χ3v) is 5.25. The van der Waals surface area contributed by atoms with Crippen molar-refractivity contribution in [3.05, 3.63) is 58.8 Å². The standard InChI is InChI=1S/C17H9F3N2S2/c18-17(19,20)10-5-6-11-12(9-10)22-16(14-4-2-8-24-14)15(21-11)13-3-1-7-23-13/h1-9H. The lowest BCUT2D eigenvalue weighted by molar-refractivity contribution is -0.137. The summed E-state index contributed by atoms with van der Waals surface area (Å²) in [6, 6.07) is 11.1. The molecule has 3 heterocycles. The van der Waals surface area contributed by atoms with Crippen LogP contribution in [-0.2, 0) is 6.18 Å². The highest BCUT2D eigenvalue weighted by Gasteiger charge is 2.31. The first-order valence-electron chi connectivity index (χ1n) is 6.99. The van der Waals surface area contributed by atoms with Crippen LogP contribution < -0.4 is 0 Å². The molecule has 4 rings (SSSR count). The number of aromatic nitrogens is 2. The zero-order chi connectivity index (χ0) is 16.7. The molecule has 7 heteroatoms. The molecule has 0 atom stereocenters. The van der Waals surface area contributed by atoms with Crippen molar-refractivity contribution in [1.29, 1.82) is 0 Å². The van der Waals surface area contributed by atoms with E-state index in [4.69, 9.17) is 0 Å². The maximum Gasteiger partial charge on any atom is 0.416 e. The molecule has 0 bridgehead atoms. The number of fused-ring (bicyclic) bond motifs is 1. The van der Waals surface area contributed by atoms with Gasteiger partial charge in [0.05, 0.1) is 26.4 Å². The summed E-state index contributed by atoms with van der Waals surface area (Å²) >= 11 is 3.01. The molecule has 2 nitrogen and oxygen atoms in total. The van der Waals surface area contributed by atoms with Crippen molar-refractivity contribution < 1.29 is 13.2 Å². The zero-order valence-corrected chi connectivity index (χ0v) is 13.7. The number of alkyl halides is 3. The van der Waals surface area contributed by atoms with Crippen LogP contribution in [0.2, 0.25) is 0 Å². The van der Waals surface area contributed by atoms with E-state index < -0.39 is 11.7 Å². The van der Waals surface area contributed by atoms with E-state index in [0.717, 1.165) is 21.9 Å². The van der Waals surface area contributed by atoms with Crippen molar-refractivity contribution in [2.45, 2.75) is 6.18 Å². The summed E-state index contributed by atoms with van der Waals surface area (Å²) in [6.45, 7) is 0. The van der Waals surface area contributed by atoms with Gasteiger partial charge in [-0.05, 0) is 41.1 Å². The lowest BCUT2D eigenvalue weighted by Crippen LogP contribution is -2.05. The van der Waals surface area contributed by atoms with Gasteiger partial charge in [0.25, 0.3) is 0 Å². The van der Waals surface area contributed by atoms with Gasteiger partial charge in [-0.15, -0.1) is 22.7 Å². The van der Waals surface area contributed by atoms with Gasteiger partial charge in [0.1, 0.15) is 11.4 Å². The fourth-order valence-corrected chi connectivity index (χ4v) is 3.83. The van der Waals surface area contributed by atoms with Gasteiger partial charge in [-0.2, -0.15) is 13.2 Å². The van der Waals surface area contributed by atoms with Crippen molar-refractivity contribution in [1.82, 2.24) is 9.97 Å². The van der Waals surface area contributed by atoms with Crippen LogP contribution in [0.15, 0.2) is 53.2 Å². The summed E-state index contributed by atoms with van der Waals surface area (Å²) in [5.41, 5.74) is 1.28. The zero-order valence-electron chi connectivity index (χ0n) is 12.0. The van der Waals surface area contributed by atoms with Crippen LogP contribution in [0.25, 0.3) is 32.2 Å². The predicted octanol–water partition coefficient (Wildman–Crippen LogP) is 6.11. The minimum Gasteiger partial charge on any atom is -0.243 e. The van der Waals surface area contributed by atoms with Crippen LogP contribution >= 0.6 is 22.7 Å². The molecule has 0 saturated carbocycles. The van der Waals surface area contributed by atoms with Gasteiger partial charge < -0.3 is 0 Å². The Kier molecular flexibility index (Phi) is 3.62. The molecule has 0 unspecified atom stereocenters. The Balaban J connectivity index is 1.99. The highest BCUT2D eigenvalue weighted by atomic mass is 32.1. The van der Waals surface area contributed by atoms with Gasteiger partial charge in [-0.25, -0.2) is 9.97 Å². The molecule has 0 aliphatic heterocycles. The third kappa shape index (κ3) is 2.70. The maximum absolute atomic E-state index is 12.9. The molecule has 0 saturated heterocycles. The Morgan fingerprint density at radius 2 is 1.33 bits per heavy atom. The Hall–Kier alpha value is -2.25. The average Bonchev–Trinajstić information content (AvgIpc) is 3.25. The van der Waals surface area contributed by atoms with Crippen LogP contribution in [0, 0.1) is 0 Å². The molecule has 0 radical (unpaired) electrons. The number of hydrogen-bond acceptors (Lipinski definition) is 4. The van der Waals surface area contributed by atoms with Crippen molar-refractivity contribution in [2.24, 2.45) is 0 Å². The number of rotatable bonds is 2. The van der Waals surface area contributed by atoms with E-state index in [9.17, 15) is 13.2 Å². The summed E-state index contributed by atoms with van der Waals surface area (Å²) in [7, 11) is 0. The number of nitrogens with zero attached hydrogens (tertiary/aromatic N) is 2. The van der Waals surface area contributed by atoms with E-state index in [0.29, 0.717) is 16.9 Å². The molecule has 1 aromatic carbocycles. The van der Waals surface area contributed by atoms with Crippen molar-refractivity contribution in [3.63, 3.8) is 0 Å². The molecule has 0 amide bonds. The van der Waals surface area contributed by atoms with Crippen LogP contribution in [0.4, 0.5) is 13.2 Å². The molecule has 4 aromatic rings. The van der Waals surface area contributed by atoms with Crippen LogP contribution in [0.1, 0.15) is 5.56 Å². The second-order valence-electron chi connectivity index (χ2n) is 5.08. The van der Waals surface area contributed by atoms with Crippen LogP contribution in [0.5, 0.6) is 0 Å². The van der Waals surface area contributed by atoms with E-state index in [2.05, 4.69) is 9.97 Å². The molecule has 0 aliphatic carbocycles. The van der Waals surface area contributed by atoms with Gasteiger partial charge in [0, 0.05) is 0 Å². The van der Waals surface area contributed by atoms with E-state index >= 15 is 0 Å². The summed E-state index contributed by atoms with van der Waals surface area (Å²) in [5, 5.41) is 3.84. The Morgan fingerprint density at radius 1 is 0.750 bits per heavy atom. The van der Waals surface area contributed by atoms with Gasteiger partial charge >= 0.3 is 6.18 Å². The molecular weight excluding hydrogens is 353 g/mol. The monoisotopic (exact) mass is 362 g/mol. The first-order valence-corrected chi connectivity index (χ1v) is 8.75. The lowest BCUT2D eigenvalue weighted by atomic mass is 10.1. The molecule has 0 spiro atoms. The van der Waals surface area contributed by atoms with E-state index in [1.807, 2.05) is 35.0 Å². The fraction of sp³-hybridized carbons (Fsp3) is 0.0588. The van der Waals surface area contributed by atoms with Crippen molar-refractivity contribution in [3.8, 4) is 21.1 Å². The minimum absolute atomic E-state index is 0.244. The minimum atomic E-state index is -4.40. The van der Waals surface area contributed by atoms with Crippen LogP contribution in [-0.4, -0.2) is 9.97 Å². The summed E-state index contributed by atoms with van der Waals surface area (Å²) in [4.78, 5) is 10.9. The number of hydrogen-bond donors (Lipinski definition) is 0. The molecule has 0 aliphatic rings. The predicted molar refractivity (Wildman–Crippen MR) is 91.2 cm³/mol. The van der Waals surface area contributed by atoms with E-state index in [1.54, 1.807) is 0 Å². The van der Waals surface area contributed by atoms with Gasteiger partial charge in [-0.3, -0.25) is 0 Å². The highest BCUT2D eigenvalue weighted by molar-refractivity contribution is 7.14. The molecule has 0 N–H and O–H groups in total. The Labute approximate surface area is 143 Å². The molecule has 24 heavy (non-hydrogen) atoms. The SMILES string of the molecule is FC(F)(F)c1ccc2nc(-c3cccs3)c(-c3cccs3)nc2c1. The quantitative estimate of drug-likeness (QED) is 0.430. The molecular formula is C17H9F3N2S2. The summed E-state index contributed by atoms with van der Waals surface area (Å²) < 4.78 is 38.8. The topological polar surface area (TPSA) is 25.8 Å². The molecule has 3 aromatic heterocycles. The van der Waals surface area contributed by atoms with Gasteiger partial charge in [0.2, 0.25) is 0 Å². The number of halogens is 3. The molecule has 0 fully saturated rings. The van der Waals surface area contributed by atoms with Crippen molar-refractivity contribution >= 4 is 33.7 Å². The highest BCUT2D eigenvalue weighted by Crippen LogP contribution is 2.37. The average molecular weight is 362 g/mol. The van der Waals surface area contributed by atoms with E-state index in [-0.39, 0.29) is 5.52 Å². The molecule has 120 valence electrons. The summed E-state index contributed by atoms with van der Waals surface area (Å²) in [5.74, 6) is 0.